The third kappa shape index (κ3) is 3.96. The Morgan fingerprint density at radius 3 is 2.64 bits per heavy atom. The number of halogens is 1. The minimum atomic E-state index is -0.0707. The van der Waals surface area contributed by atoms with Gasteiger partial charge in [-0.25, -0.2) is 4.98 Å². The average Bonchev–Trinajstić information content (AvgIpc) is 2.95. The van der Waals surface area contributed by atoms with Crippen LogP contribution in [0, 0.1) is 13.8 Å². The molecule has 3 heterocycles. The summed E-state index contributed by atoms with van der Waals surface area (Å²) >= 11 is 6.35. The van der Waals surface area contributed by atoms with Crippen molar-refractivity contribution in [3.05, 3.63) is 46.0 Å². The predicted octanol–water partition coefficient (Wildman–Crippen LogP) is 3.59. The second kappa shape index (κ2) is 7.45. The normalized spacial score (nSPS) is 15.9. The molecule has 0 unspecified atom stereocenters. The molecule has 1 amide bonds. The van der Waals surface area contributed by atoms with E-state index in [1.807, 2.05) is 26.8 Å². The predicted molar refractivity (Wildman–Crippen MR) is 96.2 cm³/mol. The molecule has 25 heavy (non-hydrogen) atoms. The molecule has 1 atom stereocenters. The van der Waals surface area contributed by atoms with Crippen LogP contribution < -0.4 is 5.32 Å². The molecule has 1 fully saturated rings. The number of rotatable bonds is 4. The zero-order chi connectivity index (χ0) is 18.0. The Balaban J connectivity index is 1.73. The van der Waals surface area contributed by atoms with Crippen molar-refractivity contribution < 1.29 is 13.9 Å². The van der Waals surface area contributed by atoms with Gasteiger partial charge in [-0.1, -0.05) is 11.6 Å². The highest BCUT2D eigenvalue weighted by molar-refractivity contribution is 6.33. The number of nitrogens with zero attached hydrogens (tertiary/aromatic N) is 2. The van der Waals surface area contributed by atoms with E-state index in [1.54, 1.807) is 17.2 Å². The summed E-state index contributed by atoms with van der Waals surface area (Å²) in [4.78, 5) is 18.6. The van der Waals surface area contributed by atoms with Crippen LogP contribution in [0.15, 0.2) is 22.7 Å². The topological polar surface area (TPSA) is 67.6 Å². The average molecular weight is 364 g/mol. The van der Waals surface area contributed by atoms with Crippen LogP contribution in [0.3, 0.4) is 0 Å². The molecule has 1 aliphatic heterocycles. The lowest BCUT2D eigenvalue weighted by molar-refractivity contribution is 0.0302. The van der Waals surface area contributed by atoms with Crippen LogP contribution in [0.25, 0.3) is 0 Å². The number of ether oxygens (including phenoxy) is 1. The van der Waals surface area contributed by atoms with Gasteiger partial charge >= 0.3 is 0 Å². The van der Waals surface area contributed by atoms with Crippen LogP contribution in [-0.2, 0) is 4.74 Å². The number of anilines is 1. The molecular weight excluding hydrogens is 342 g/mol. The third-order valence-electron chi connectivity index (χ3n) is 4.29. The molecule has 3 rings (SSSR count). The van der Waals surface area contributed by atoms with Crippen molar-refractivity contribution in [3.63, 3.8) is 0 Å². The fraction of sp³-hybridized carbons (Fsp3) is 0.444. The molecule has 0 bridgehead atoms. The van der Waals surface area contributed by atoms with E-state index in [-0.39, 0.29) is 11.9 Å². The molecule has 0 aromatic carbocycles. The summed E-state index contributed by atoms with van der Waals surface area (Å²) in [6.07, 6.45) is 1.56. The maximum Gasteiger partial charge on any atom is 0.255 e. The van der Waals surface area contributed by atoms with E-state index < -0.39 is 0 Å². The highest BCUT2D eigenvalue weighted by atomic mass is 35.5. The smallest absolute Gasteiger partial charge is 0.255 e. The Morgan fingerprint density at radius 1 is 1.32 bits per heavy atom. The largest absolute Gasteiger partial charge is 0.466 e. The third-order valence-corrected chi connectivity index (χ3v) is 4.57. The summed E-state index contributed by atoms with van der Waals surface area (Å²) in [5.74, 6) is 2.21. The number of morpholine rings is 1. The monoisotopic (exact) mass is 363 g/mol. The van der Waals surface area contributed by atoms with Crippen LogP contribution in [0.2, 0.25) is 5.02 Å². The molecule has 7 heteroatoms. The number of hydrogen-bond donors (Lipinski definition) is 1. The van der Waals surface area contributed by atoms with E-state index in [1.165, 1.54) is 0 Å². The van der Waals surface area contributed by atoms with Crippen molar-refractivity contribution in [2.75, 3.05) is 31.6 Å². The van der Waals surface area contributed by atoms with Gasteiger partial charge in [-0.05, 0) is 32.9 Å². The number of furan rings is 1. The first-order valence-corrected chi connectivity index (χ1v) is 8.69. The van der Waals surface area contributed by atoms with Crippen LogP contribution in [0.4, 0.5) is 5.82 Å². The lowest BCUT2D eigenvalue weighted by atomic mass is 10.1. The van der Waals surface area contributed by atoms with E-state index in [2.05, 4.69) is 10.3 Å². The van der Waals surface area contributed by atoms with Crippen LogP contribution in [-0.4, -0.2) is 42.1 Å². The van der Waals surface area contributed by atoms with Gasteiger partial charge in [0.25, 0.3) is 5.91 Å². The SMILES string of the molecule is Cc1cc([C@@H](C)Nc2ncc(C(=O)N3CCOCC3)cc2Cl)c(C)o1. The van der Waals surface area contributed by atoms with E-state index >= 15 is 0 Å². The molecule has 134 valence electrons. The number of hydrogen-bond acceptors (Lipinski definition) is 5. The van der Waals surface area contributed by atoms with Gasteiger partial charge in [-0.3, -0.25) is 4.79 Å². The molecule has 0 aliphatic carbocycles. The van der Waals surface area contributed by atoms with E-state index in [4.69, 9.17) is 20.8 Å². The number of nitrogens with one attached hydrogen (secondary N) is 1. The molecular formula is C18H22ClN3O3. The first kappa shape index (κ1) is 17.8. The second-order valence-corrected chi connectivity index (χ2v) is 6.60. The number of carbonyl (C=O) groups excluding carboxylic acids is 1. The number of aryl methyl sites for hydroxylation is 2. The van der Waals surface area contributed by atoms with E-state index in [0.717, 1.165) is 17.1 Å². The van der Waals surface area contributed by atoms with Crippen molar-refractivity contribution >= 4 is 23.3 Å². The lowest BCUT2D eigenvalue weighted by Gasteiger charge is -2.27. The summed E-state index contributed by atoms with van der Waals surface area (Å²) in [5.41, 5.74) is 1.55. The zero-order valence-electron chi connectivity index (χ0n) is 14.6. The quantitative estimate of drug-likeness (QED) is 0.899. The molecule has 0 saturated carbocycles. The minimum Gasteiger partial charge on any atom is -0.466 e. The molecule has 0 radical (unpaired) electrons. The highest BCUT2D eigenvalue weighted by Gasteiger charge is 2.20. The van der Waals surface area contributed by atoms with Crippen LogP contribution in [0.1, 0.15) is 40.4 Å². The highest BCUT2D eigenvalue weighted by Crippen LogP contribution is 2.28. The summed E-state index contributed by atoms with van der Waals surface area (Å²) in [6, 6.07) is 3.65. The summed E-state index contributed by atoms with van der Waals surface area (Å²) in [7, 11) is 0. The second-order valence-electron chi connectivity index (χ2n) is 6.19. The molecule has 1 saturated heterocycles. The zero-order valence-corrected chi connectivity index (χ0v) is 15.4. The fourth-order valence-corrected chi connectivity index (χ4v) is 3.19. The Labute approximate surface area is 152 Å². The van der Waals surface area contributed by atoms with Gasteiger partial charge in [-0.15, -0.1) is 0 Å². The molecule has 2 aromatic heterocycles. The number of amides is 1. The van der Waals surface area contributed by atoms with Gasteiger partial charge in [0, 0.05) is 24.8 Å². The van der Waals surface area contributed by atoms with Crippen molar-refractivity contribution in [1.82, 2.24) is 9.88 Å². The Morgan fingerprint density at radius 2 is 2.04 bits per heavy atom. The Kier molecular flexibility index (Phi) is 5.30. The van der Waals surface area contributed by atoms with Gasteiger partial charge in [0.2, 0.25) is 0 Å². The number of aromatic nitrogens is 1. The van der Waals surface area contributed by atoms with Gasteiger partial charge in [0.15, 0.2) is 0 Å². The first-order chi connectivity index (χ1) is 12.0. The van der Waals surface area contributed by atoms with Gasteiger partial charge < -0.3 is 19.4 Å². The van der Waals surface area contributed by atoms with Crippen molar-refractivity contribution in [2.45, 2.75) is 26.8 Å². The molecule has 1 aliphatic rings. The summed E-state index contributed by atoms with van der Waals surface area (Å²) < 4.78 is 10.8. The van der Waals surface area contributed by atoms with Gasteiger partial charge in [0.1, 0.15) is 17.3 Å². The van der Waals surface area contributed by atoms with Crippen molar-refractivity contribution in [2.24, 2.45) is 0 Å². The Hall–Kier alpha value is -2.05. The molecule has 2 aromatic rings. The summed E-state index contributed by atoms with van der Waals surface area (Å²) in [5, 5.41) is 3.70. The van der Waals surface area contributed by atoms with E-state index in [0.29, 0.717) is 42.7 Å². The maximum atomic E-state index is 12.5. The fourth-order valence-electron chi connectivity index (χ4n) is 2.97. The standard InChI is InChI=1S/C18H22ClN3O3/c1-11-8-15(13(3)25-11)12(2)21-17-16(19)9-14(10-20-17)18(23)22-4-6-24-7-5-22/h8-10,12H,4-7H2,1-3H3,(H,20,21)/t12-/m1/s1. The van der Waals surface area contributed by atoms with Gasteiger partial charge in [0.05, 0.1) is 29.8 Å². The summed E-state index contributed by atoms with van der Waals surface area (Å²) in [6.45, 7) is 8.17. The van der Waals surface area contributed by atoms with E-state index in [9.17, 15) is 4.79 Å². The van der Waals surface area contributed by atoms with Crippen LogP contribution >= 0.6 is 11.6 Å². The van der Waals surface area contributed by atoms with Crippen molar-refractivity contribution in [1.29, 1.82) is 0 Å². The van der Waals surface area contributed by atoms with Gasteiger partial charge in [-0.2, -0.15) is 0 Å². The maximum absolute atomic E-state index is 12.5. The van der Waals surface area contributed by atoms with Crippen LogP contribution in [0.5, 0.6) is 0 Å². The molecule has 0 spiro atoms. The molecule has 6 nitrogen and oxygen atoms in total. The lowest BCUT2D eigenvalue weighted by Crippen LogP contribution is -2.40. The number of carbonyl (C=O) groups is 1. The Bertz CT molecular complexity index is 769. The minimum absolute atomic E-state index is 0.0109. The first-order valence-electron chi connectivity index (χ1n) is 8.31. The number of pyridine rings is 1. The molecule has 1 N–H and O–H groups in total. The van der Waals surface area contributed by atoms with Crippen molar-refractivity contribution in [3.8, 4) is 0 Å².